The number of furan rings is 1. The number of fused-ring (bicyclic) bond motifs is 1. The van der Waals surface area contributed by atoms with Crippen molar-refractivity contribution in [3.8, 4) is 5.75 Å². The van der Waals surface area contributed by atoms with Crippen LogP contribution in [0, 0.1) is 15.9 Å². The molecule has 3 heterocycles. The zero-order valence-electron chi connectivity index (χ0n) is 19.4. The lowest BCUT2D eigenvalue weighted by atomic mass is 10.1. The third-order valence-electron chi connectivity index (χ3n) is 5.94. The molecule has 2 N–H and O–H groups in total. The van der Waals surface area contributed by atoms with E-state index in [0.717, 1.165) is 13.1 Å². The summed E-state index contributed by atoms with van der Waals surface area (Å²) in [5, 5.41) is 24.3. The molecule has 0 amide bonds. The van der Waals surface area contributed by atoms with Crippen LogP contribution in [0.15, 0.2) is 52.9 Å². The van der Waals surface area contributed by atoms with E-state index in [1.165, 1.54) is 30.4 Å². The highest BCUT2D eigenvalue weighted by Gasteiger charge is 2.20. The Morgan fingerprint density at radius 1 is 1.08 bits per heavy atom. The highest BCUT2D eigenvalue weighted by molar-refractivity contribution is 5.94. The van der Waals surface area contributed by atoms with E-state index < -0.39 is 4.92 Å². The van der Waals surface area contributed by atoms with Gasteiger partial charge in [-0.2, -0.15) is 0 Å². The van der Waals surface area contributed by atoms with Crippen molar-refractivity contribution < 1.29 is 18.8 Å². The minimum Gasteiger partial charge on any atom is -0.508 e. The van der Waals surface area contributed by atoms with Gasteiger partial charge in [0.2, 0.25) is 0 Å². The molecule has 10 nitrogen and oxygen atoms in total. The zero-order valence-corrected chi connectivity index (χ0v) is 19.4. The number of phenolic OH excluding ortho intramolecular Hbond substituents is 1. The van der Waals surface area contributed by atoms with Crippen LogP contribution in [0.4, 0.5) is 27.5 Å². The van der Waals surface area contributed by atoms with Crippen molar-refractivity contribution in [3.63, 3.8) is 0 Å². The van der Waals surface area contributed by atoms with Crippen molar-refractivity contribution in [1.29, 1.82) is 0 Å². The van der Waals surface area contributed by atoms with Gasteiger partial charge in [-0.05, 0) is 55.6 Å². The Balaban J connectivity index is 1.55. The van der Waals surface area contributed by atoms with E-state index in [2.05, 4.69) is 20.2 Å². The van der Waals surface area contributed by atoms with Gasteiger partial charge in [0, 0.05) is 43.3 Å². The Morgan fingerprint density at radius 2 is 1.83 bits per heavy atom. The largest absolute Gasteiger partial charge is 0.508 e. The predicted molar refractivity (Wildman–Crippen MR) is 135 cm³/mol. The second kappa shape index (κ2) is 9.62. The van der Waals surface area contributed by atoms with Crippen LogP contribution in [0.3, 0.4) is 0 Å². The summed E-state index contributed by atoms with van der Waals surface area (Å²) in [4.78, 5) is 23.5. The number of nitrogens with zero attached hydrogens (tertiary/aromatic N) is 5. The molecule has 1 saturated heterocycles. The van der Waals surface area contributed by atoms with Crippen LogP contribution in [0.1, 0.15) is 11.6 Å². The standard InChI is InChI=1S/C25H23FN6O4/c1-30-10-12-31(13-11-30)22-14-19-21(15-20(22)26)28-23(8-6-18-7-9-24(36-18)32(34)35)29-25(19)27-16-2-4-17(33)5-3-16/h2-9,14-15,33H,10-13H2,1H3,(H,27,28,29)/b8-6+. The van der Waals surface area contributed by atoms with Crippen LogP contribution in [0.25, 0.3) is 23.1 Å². The Hall–Kier alpha value is -4.51. The lowest BCUT2D eigenvalue weighted by Crippen LogP contribution is -2.44. The molecule has 0 atom stereocenters. The molecule has 0 saturated carbocycles. The number of halogens is 1. The Morgan fingerprint density at radius 3 is 2.53 bits per heavy atom. The van der Waals surface area contributed by atoms with Crippen molar-refractivity contribution in [2.75, 3.05) is 43.4 Å². The van der Waals surface area contributed by atoms with Gasteiger partial charge >= 0.3 is 5.88 Å². The van der Waals surface area contributed by atoms with E-state index in [-0.39, 0.29) is 29.0 Å². The number of phenols is 1. The highest BCUT2D eigenvalue weighted by Crippen LogP contribution is 2.32. The van der Waals surface area contributed by atoms with Crippen molar-refractivity contribution >= 4 is 46.1 Å². The normalized spacial score (nSPS) is 14.6. The molecular weight excluding hydrogens is 467 g/mol. The van der Waals surface area contributed by atoms with Gasteiger partial charge in [0.15, 0.2) is 5.82 Å². The molecule has 0 bridgehead atoms. The summed E-state index contributed by atoms with van der Waals surface area (Å²) in [6.07, 6.45) is 3.05. The summed E-state index contributed by atoms with van der Waals surface area (Å²) in [5.74, 6) is 0.347. The number of anilines is 3. The van der Waals surface area contributed by atoms with E-state index in [4.69, 9.17) is 4.42 Å². The van der Waals surface area contributed by atoms with Gasteiger partial charge in [-0.15, -0.1) is 0 Å². The number of aromatic hydroxyl groups is 1. The van der Waals surface area contributed by atoms with Gasteiger partial charge < -0.3 is 24.6 Å². The molecule has 2 aromatic carbocycles. The average molecular weight is 490 g/mol. The number of nitrogens with one attached hydrogen (secondary N) is 1. The number of likely N-dealkylation sites (N-methyl/N-ethyl adjacent to an activating group) is 1. The molecule has 184 valence electrons. The molecule has 0 radical (unpaired) electrons. The predicted octanol–water partition coefficient (Wildman–Crippen LogP) is 4.64. The molecular formula is C25H23FN6O4. The van der Waals surface area contributed by atoms with Crippen molar-refractivity contribution in [3.05, 3.63) is 76.0 Å². The minimum absolute atomic E-state index is 0.128. The van der Waals surface area contributed by atoms with E-state index in [1.54, 1.807) is 30.3 Å². The van der Waals surface area contributed by atoms with E-state index >= 15 is 4.39 Å². The molecule has 1 aliphatic rings. The van der Waals surface area contributed by atoms with Gasteiger partial charge in [0.1, 0.15) is 28.1 Å². The molecule has 1 fully saturated rings. The maximum Gasteiger partial charge on any atom is 0.433 e. The number of hydrogen-bond donors (Lipinski definition) is 2. The second-order valence-electron chi connectivity index (χ2n) is 8.48. The first-order chi connectivity index (χ1) is 17.4. The lowest BCUT2D eigenvalue weighted by Gasteiger charge is -2.34. The molecule has 4 aromatic rings. The van der Waals surface area contributed by atoms with Crippen LogP contribution in [0.5, 0.6) is 5.75 Å². The molecule has 0 spiro atoms. The summed E-state index contributed by atoms with van der Waals surface area (Å²) >= 11 is 0. The first-order valence-electron chi connectivity index (χ1n) is 11.3. The quantitative estimate of drug-likeness (QED) is 0.226. The number of hydrogen-bond acceptors (Lipinski definition) is 9. The van der Waals surface area contributed by atoms with Crippen LogP contribution in [-0.4, -0.2) is 58.1 Å². The summed E-state index contributed by atoms with van der Waals surface area (Å²) in [6.45, 7) is 3.08. The van der Waals surface area contributed by atoms with Crippen molar-refractivity contribution in [1.82, 2.24) is 14.9 Å². The highest BCUT2D eigenvalue weighted by atomic mass is 19.1. The van der Waals surface area contributed by atoms with Gasteiger partial charge in [-0.25, -0.2) is 14.4 Å². The Labute approximate surface area is 205 Å². The third-order valence-corrected chi connectivity index (χ3v) is 5.94. The smallest absolute Gasteiger partial charge is 0.433 e. The molecule has 36 heavy (non-hydrogen) atoms. The van der Waals surface area contributed by atoms with Gasteiger partial charge in [0.25, 0.3) is 0 Å². The van der Waals surface area contributed by atoms with Gasteiger partial charge in [0.05, 0.1) is 17.3 Å². The summed E-state index contributed by atoms with van der Waals surface area (Å²) in [7, 11) is 2.04. The zero-order chi connectivity index (χ0) is 25.2. The summed E-state index contributed by atoms with van der Waals surface area (Å²) in [5.41, 5.74) is 1.56. The van der Waals surface area contributed by atoms with Crippen LogP contribution >= 0.6 is 0 Å². The van der Waals surface area contributed by atoms with Gasteiger partial charge in [-0.3, -0.25) is 10.1 Å². The van der Waals surface area contributed by atoms with E-state index in [1.807, 2.05) is 11.9 Å². The topological polar surface area (TPSA) is 121 Å². The van der Waals surface area contributed by atoms with Crippen molar-refractivity contribution in [2.45, 2.75) is 0 Å². The third kappa shape index (κ3) is 4.96. The fourth-order valence-electron chi connectivity index (χ4n) is 3.98. The Kier molecular flexibility index (Phi) is 6.21. The summed E-state index contributed by atoms with van der Waals surface area (Å²) in [6, 6.07) is 12.4. The maximum absolute atomic E-state index is 15.2. The molecule has 0 aliphatic carbocycles. The second-order valence-corrected chi connectivity index (χ2v) is 8.48. The fraction of sp³-hybridized carbons (Fsp3) is 0.200. The maximum atomic E-state index is 15.2. The lowest BCUT2D eigenvalue weighted by molar-refractivity contribution is -0.402. The molecule has 11 heteroatoms. The molecule has 1 aliphatic heterocycles. The van der Waals surface area contributed by atoms with E-state index in [0.29, 0.717) is 41.2 Å². The van der Waals surface area contributed by atoms with Crippen molar-refractivity contribution in [2.24, 2.45) is 0 Å². The SMILES string of the molecule is CN1CCN(c2cc3c(Nc4ccc(O)cc4)nc(/C=C/c4ccc([N+](=O)[O-])o4)nc3cc2F)CC1. The first kappa shape index (κ1) is 23.2. The van der Waals surface area contributed by atoms with Crippen LogP contribution in [0.2, 0.25) is 0 Å². The number of benzene rings is 2. The Bertz CT molecular complexity index is 1450. The van der Waals surface area contributed by atoms with E-state index in [9.17, 15) is 15.2 Å². The minimum atomic E-state index is -0.621. The average Bonchev–Trinajstić information content (AvgIpc) is 3.34. The summed E-state index contributed by atoms with van der Waals surface area (Å²) < 4.78 is 20.4. The number of nitro groups is 1. The number of aromatic nitrogens is 2. The number of piperazine rings is 1. The molecule has 0 unspecified atom stereocenters. The molecule has 2 aromatic heterocycles. The monoisotopic (exact) mass is 490 g/mol. The van der Waals surface area contributed by atoms with Crippen LogP contribution < -0.4 is 10.2 Å². The van der Waals surface area contributed by atoms with Gasteiger partial charge in [-0.1, -0.05) is 0 Å². The van der Waals surface area contributed by atoms with Crippen LogP contribution in [-0.2, 0) is 0 Å². The number of rotatable bonds is 6. The molecule has 5 rings (SSSR count). The fourth-order valence-corrected chi connectivity index (χ4v) is 3.98. The first-order valence-corrected chi connectivity index (χ1v) is 11.3.